The number of benzene rings is 1. The molecule has 2 rings (SSSR count). The molecule has 1 fully saturated rings. The van der Waals surface area contributed by atoms with E-state index in [1.54, 1.807) is 6.92 Å². The summed E-state index contributed by atoms with van der Waals surface area (Å²) in [5, 5.41) is 9.53. The van der Waals surface area contributed by atoms with Crippen molar-refractivity contribution < 1.29 is 9.90 Å². The zero-order chi connectivity index (χ0) is 14.0. The molecule has 1 N–H and O–H groups in total. The number of likely N-dealkylation sites (tertiary alicyclic amines) is 1. The van der Waals surface area contributed by atoms with E-state index in [-0.39, 0.29) is 18.1 Å². The molecule has 0 saturated carbocycles. The van der Waals surface area contributed by atoms with Gasteiger partial charge in [0.25, 0.3) is 5.91 Å². The fourth-order valence-electron chi connectivity index (χ4n) is 3.01. The van der Waals surface area contributed by atoms with Gasteiger partial charge in [-0.05, 0) is 52.2 Å². The highest BCUT2D eigenvalue weighted by atomic mass is 16.3. The third kappa shape index (κ3) is 3.35. The lowest BCUT2D eigenvalue weighted by molar-refractivity contribution is 0.0682. The molecule has 1 amide bonds. The highest BCUT2D eigenvalue weighted by molar-refractivity contribution is 5.95. The fourth-order valence-corrected chi connectivity index (χ4v) is 3.01. The van der Waals surface area contributed by atoms with Crippen molar-refractivity contribution in [2.45, 2.75) is 52.2 Å². The van der Waals surface area contributed by atoms with Gasteiger partial charge in [0.1, 0.15) is 0 Å². The first kappa shape index (κ1) is 14.1. The zero-order valence-electron chi connectivity index (χ0n) is 12.0. The molecule has 0 radical (unpaired) electrons. The van der Waals surface area contributed by atoms with Crippen molar-refractivity contribution in [3.63, 3.8) is 0 Å². The summed E-state index contributed by atoms with van der Waals surface area (Å²) in [6.07, 6.45) is 2.36. The number of hydrogen-bond donors (Lipinski definition) is 1. The number of aliphatic hydroxyl groups excluding tert-OH is 1. The van der Waals surface area contributed by atoms with E-state index in [9.17, 15) is 9.90 Å². The highest BCUT2D eigenvalue weighted by Gasteiger charge is 2.30. The normalized spacial score (nSPS) is 20.6. The summed E-state index contributed by atoms with van der Waals surface area (Å²) in [5.74, 6) is 0.106. The van der Waals surface area contributed by atoms with Crippen molar-refractivity contribution in [3.05, 3.63) is 34.9 Å². The van der Waals surface area contributed by atoms with Crippen molar-refractivity contribution in [1.82, 2.24) is 4.90 Å². The number of carbonyl (C=O) groups is 1. The molecule has 3 nitrogen and oxygen atoms in total. The van der Waals surface area contributed by atoms with E-state index < -0.39 is 0 Å². The van der Waals surface area contributed by atoms with Crippen LogP contribution in [0.3, 0.4) is 0 Å². The van der Waals surface area contributed by atoms with Crippen LogP contribution in [0.5, 0.6) is 0 Å². The van der Waals surface area contributed by atoms with E-state index >= 15 is 0 Å². The molecule has 2 unspecified atom stereocenters. The Morgan fingerprint density at radius 3 is 2.58 bits per heavy atom. The molecule has 0 aliphatic carbocycles. The molecule has 1 aliphatic heterocycles. The summed E-state index contributed by atoms with van der Waals surface area (Å²) < 4.78 is 0. The Labute approximate surface area is 115 Å². The Morgan fingerprint density at radius 2 is 2.00 bits per heavy atom. The molecule has 0 aromatic heterocycles. The first-order valence-electron chi connectivity index (χ1n) is 7.04. The first-order valence-corrected chi connectivity index (χ1v) is 7.04. The smallest absolute Gasteiger partial charge is 0.254 e. The van der Waals surface area contributed by atoms with Crippen molar-refractivity contribution >= 4 is 5.91 Å². The standard InChI is InChI=1S/C16H23NO2/c1-11-7-12(2)9-14(8-11)16(19)17-6-4-5-15(17)10-13(3)18/h7-9,13,15,18H,4-6,10H2,1-3H3. The molecule has 1 aliphatic rings. The van der Waals surface area contributed by atoms with Crippen LogP contribution in [0.25, 0.3) is 0 Å². The first-order chi connectivity index (χ1) is 8.97. The van der Waals surface area contributed by atoms with Gasteiger partial charge < -0.3 is 10.0 Å². The number of aryl methyl sites for hydroxylation is 2. The van der Waals surface area contributed by atoms with Crippen LogP contribution in [-0.4, -0.2) is 34.6 Å². The summed E-state index contributed by atoms with van der Waals surface area (Å²) >= 11 is 0. The monoisotopic (exact) mass is 261 g/mol. The lowest BCUT2D eigenvalue weighted by atomic mass is 10.0. The quantitative estimate of drug-likeness (QED) is 0.908. The van der Waals surface area contributed by atoms with Crippen molar-refractivity contribution in [3.8, 4) is 0 Å². The number of amides is 1. The number of nitrogens with zero attached hydrogens (tertiary/aromatic N) is 1. The van der Waals surface area contributed by atoms with E-state index in [0.717, 1.165) is 36.1 Å². The number of hydrogen-bond acceptors (Lipinski definition) is 2. The molecule has 1 aromatic rings. The predicted molar refractivity (Wildman–Crippen MR) is 76.3 cm³/mol. The van der Waals surface area contributed by atoms with Gasteiger partial charge in [-0.2, -0.15) is 0 Å². The minimum atomic E-state index is -0.349. The molecule has 0 bridgehead atoms. The van der Waals surface area contributed by atoms with Gasteiger partial charge in [-0.15, -0.1) is 0 Å². The molecule has 0 spiro atoms. The van der Waals surface area contributed by atoms with Crippen LogP contribution in [0.1, 0.15) is 47.7 Å². The number of aliphatic hydroxyl groups is 1. The van der Waals surface area contributed by atoms with Crippen LogP contribution in [0.15, 0.2) is 18.2 Å². The maximum Gasteiger partial charge on any atom is 0.254 e. The van der Waals surface area contributed by atoms with E-state index in [0.29, 0.717) is 6.42 Å². The summed E-state index contributed by atoms with van der Waals surface area (Å²) in [5.41, 5.74) is 3.01. The van der Waals surface area contributed by atoms with E-state index in [4.69, 9.17) is 0 Å². The van der Waals surface area contributed by atoms with Gasteiger partial charge in [0.15, 0.2) is 0 Å². The van der Waals surface area contributed by atoms with Gasteiger partial charge in [-0.1, -0.05) is 17.2 Å². The Balaban J connectivity index is 2.18. The lowest BCUT2D eigenvalue weighted by Crippen LogP contribution is -2.37. The van der Waals surface area contributed by atoms with Crippen LogP contribution in [0.4, 0.5) is 0 Å². The van der Waals surface area contributed by atoms with Crippen LogP contribution >= 0.6 is 0 Å². The highest BCUT2D eigenvalue weighted by Crippen LogP contribution is 2.24. The summed E-state index contributed by atoms with van der Waals surface area (Å²) in [4.78, 5) is 14.5. The average molecular weight is 261 g/mol. The average Bonchev–Trinajstić information content (AvgIpc) is 2.73. The SMILES string of the molecule is Cc1cc(C)cc(C(=O)N2CCCC2CC(C)O)c1. The third-order valence-corrected chi connectivity index (χ3v) is 3.72. The maximum atomic E-state index is 12.6. The summed E-state index contributed by atoms with van der Waals surface area (Å²) in [6.45, 7) is 6.63. The summed E-state index contributed by atoms with van der Waals surface area (Å²) in [6, 6.07) is 6.17. The second-order valence-corrected chi connectivity index (χ2v) is 5.76. The Hall–Kier alpha value is -1.35. The van der Waals surface area contributed by atoms with Gasteiger partial charge in [0.2, 0.25) is 0 Å². The molecule has 19 heavy (non-hydrogen) atoms. The topological polar surface area (TPSA) is 40.5 Å². The van der Waals surface area contributed by atoms with Crippen LogP contribution < -0.4 is 0 Å². The molecule has 1 saturated heterocycles. The van der Waals surface area contributed by atoms with Gasteiger partial charge in [0.05, 0.1) is 6.10 Å². The molecule has 1 heterocycles. The molecular formula is C16H23NO2. The second kappa shape index (κ2) is 5.74. The number of carbonyl (C=O) groups excluding carboxylic acids is 1. The van der Waals surface area contributed by atoms with Crippen molar-refractivity contribution in [1.29, 1.82) is 0 Å². The molecule has 3 heteroatoms. The Kier molecular flexibility index (Phi) is 4.25. The minimum Gasteiger partial charge on any atom is -0.393 e. The van der Waals surface area contributed by atoms with Gasteiger partial charge in [0, 0.05) is 18.2 Å². The van der Waals surface area contributed by atoms with Gasteiger partial charge >= 0.3 is 0 Å². The molecule has 104 valence electrons. The molecular weight excluding hydrogens is 238 g/mol. The summed E-state index contributed by atoms with van der Waals surface area (Å²) in [7, 11) is 0. The van der Waals surface area contributed by atoms with E-state index in [2.05, 4.69) is 6.07 Å². The predicted octanol–water partition coefficient (Wildman–Crippen LogP) is 2.68. The second-order valence-electron chi connectivity index (χ2n) is 5.76. The Morgan fingerprint density at radius 1 is 1.37 bits per heavy atom. The van der Waals surface area contributed by atoms with Crippen molar-refractivity contribution in [2.24, 2.45) is 0 Å². The maximum absolute atomic E-state index is 12.6. The molecule has 2 atom stereocenters. The Bertz CT molecular complexity index is 448. The fraction of sp³-hybridized carbons (Fsp3) is 0.562. The van der Waals surface area contributed by atoms with E-state index in [1.807, 2.05) is 30.9 Å². The van der Waals surface area contributed by atoms with Crippen molar-refractivity contribution in [2.75, 3.05) is 6.54 Å². The lowest BCUT2D eigenvalue weighted by Gasteiger charge is -2.26. The van der Waals surface area contributed by atoms with E-state index in [1.165, 1.54) is 0 Å². The largest absolute Gasteiger partial charge is 0.393 e. The molecule has 1 aromatic carbocycles. The van der Waals surface area contributed by atoms with Crippen LogP contribution in [-0.2, 0) is 0 Å². The zero-order valence-corrected chi connectivity index (χ0v) is 12.0. The van der Waals surface area contributed by atoms with Crippen LogP contribution in [0.2, 0.25) is 0 Å². The van der Waals surface area contributed by atoms with Crippen LogP contribution in [0, 0.1) is 13.8 Å². The third-order valence-electron chi connectivity index (χ3n) is 3.72. The minimum absolute atomic E-state index is 0.106. The number of rotatable bonds is 3. The van der Waals surface area contributed by atoms with Gasteiger partial charge in [-0.3, -0.25) is 4.79 Å². The van der Waals surface area contributed by atoms with Gasteiger partial charge in [-0.25, -0.2) is 0 Å².